The van der Waals surface area contributed by atoms with Gasteiger partial charge in [0.15, 0.2) is 5.76 Å². The van der Waals surface area contributed by atoms with Crippen molar-refractivity contribution in [3.8, 4) is 0 Å². The molecule has 0 fully saturated rings. The average molecular weight is 311 g/mol. The van der Waals surface area contributed by atoms with Crippen LogP contribution in [-0.4, -0.2) is 10.8 Å². The molecule has 3 aromatic rings. The SMILES string of the molecule is Cc1ccc(/C=c2\s/c(=C\C(=O)c3ccco3)[nH]c2=O)cc1. The van der Waals surface area contributed by atoms with Crippen molar-refractivity contribution >= 4 is 29.3 Å². The number of ketones is 1. The van der Waals surface area contributed by atoms with E-state index in [0.29, 0.717) is 9.20 Å². The number of nitrogens with one attached hydrogen (secondary N) is 1. The molecular formula is C17H13NO3S. The van der Waals surface area contributed by atoms with E-state index in [-0.39, 0.29) is 17.1 Å². The average Bonchev–Trinajstić information content (AvgIpc) is 3.12. The minimum atomic E-state index is -0.274. The van der Waals surface area contributed by atoms with Gasteiger partial charge in [0, 0.05) is 6.08 Å². The quantitative estimate of drug-likeness (QED) is 0.751. The van der Waals surface area contributed by atoms with Gasteiger partial charge >= 0.3 is 0 Å². The number of H-pyrrole nitrogens is 1. The third kappa shape index (κ3) is 3.15. The number of hydrogen-bond acceptors (Lipinski definition) is 4. The number of furan rings is 1. The summed E-state index contributed by atoms with van der Waals surface area (Å²) >= 11 is 1.24. The number of carbonyl (C=O) groups is 1. The minimum Gasteiger partial charge on any atom is -0.461 e. The molecule has 1 N–H and O–H groups in total. The van der Waals surface area contributed by atoms with Gasteiger partial charge in [-0.1, -0.05) is 29.8 Å². The molecule has 0 bridgehead atoms. The monoisotopic (exact) mass is 311 g/mol. The molecule has 0 atom stereocenters. The van der Waals surface area contributed by atoms with Gasteiger partial charge in [0.1, 0.15) is 0 Å². The Balaban J connectivity index is 1.99. The first-order chi connectivity index (χ1) is 10.6. The molecule has 0 unspecified atom stereocenters. The molecule has 4 nitrogen and oxygen atoms in total. The highest BCUT2D eigenvalue weighted by atomic mass is 32.1. The highest BCUT2D eigenvalue weighted by molar-refractivity contribution is 7.07. The number of hydrogen-bond donors (Lipinski definition) is 1. The zero-order valence-corrected chi connectivity index (χ0v) is 12.6. The second-order valence-corrected chi connectivity index (χ2v) is 5.91. The molecule has 5 heteroatoms. The number of benzene rings is 1. The molecule has 0 aliphatic carbocycles. The number of carbonyl (C=O) groups excluding carboxylic acids is 1. The van der Waals surface area contributed by atoms with Crippen molar-refractivity contribution in [2.75, 3.05) is 0 Å². The maximum atomic E-state index is 11.9. The Morgan fingerprint density at radius 3 is 2.68 bits per heavy atom. The molecule has 0 radical (unpaired) electrons. The Morgan fingerprint density at radius 1 is 1.23 bits per heavy atom. The Morgan fingerprint density at radius 2 is 2.00 bits per heavy atom. The van der Waals surface area contributed by atoms with Crippen molar-refractivity contribution in [2.45, 2.75) is 6.92 Å². The maximum Gasteiger partial charge on any atom is 0.266 e. The first-order valence-corrected chi connectivity index (χ1v) is 7.50. The van der Waals surface area contributed by atoms with Crippen LogP contribution >= 0.6 is 11.3 Å². The van der Waals surface area contributed by atoms with Crippen molar-refractivity contribution in [3.05, 3.63) is 79.1 Å². The van der Waals surface area contributed by atoms with Crippen LogP contribution in [0.3, 0.4) is 0 Å². The van der Waals surface area contributed by atoms with E-state index in [1.165, 1.54) is 23.7 Å². The van der Waals surface area contributed by atoms with Crippen molar-refractivity contribution < 1.29 is 9.21 Å². The summed E-state index contributed by atoms with van der Waals surface area (Å²) in [5, 5.41) is 0. The lowest BCUT2D eigenvalue weighted by atomic mass is 10.1. The van der Waals surface area contributed by atoms with Crippen LogP contribution in [0.15, 0.2) is 51.9 Å². The lowest BCUT2D eigenvalue weighted by Gasteiger charge is -1.92. The van der Waals surface area contributed by atoms with Crippen LogP contribution in [0.2, 0.25) is 0 Å². The molecule has 0 amide bonds. The number of aromatic nitrogens is 1. The molecule has 2 aromatic heterocycles. The van der Waals surface area contributed by atoms with E-state index in [0.717, 1.165) is 11.1 Å². The summed E-state index contributed by atoms with van der Waals surface area (Å²) in [6.45, 7) is 2.01. The van der Waals surface area contributed by atoms with E-state index in [1.807, 2.05) is 31.2 Å². The van der Waals surface area contributed by atoms with Gasteiger partial charge in [-0.05, 0) is 30.7 Å². The molecular weight excluding hydrogens is 298 g/mol. The first-order valence-electron chi connectivity index (χ1n) is 6.69. The molecule has 110 valence electrons. The number of thiazole rings is 1. The zero-order valence-electron chi connectivity index (χ0n) is 11.8. The van der Waals surface area contributed by atoms with Crippen LogP contribution in [-0.2, 0) is 0 Å². The Kier molecular flexibility index (Phi) is 3.89. The standard InChI is InChI=1S/C17H13NO3S/c1-11-4-6-12(7-5-11)9-15-17(20)18-16(22-15)10-13(19)14-3-2-8-21-14/h2-10H,1H3,(H,18,20)/b15-9-,16-10-. The largest absolute Gasteiger partial charge is 0.461 e. The zero-order chi connectivity index (χ0) is 15.5. The predicted molar refractivity (Wildman–Crippen MR) is 86.4 cm³/mol. The van der Waals surface area contributed by atoms with Crippen LogP contribution in [0, 0.1) is 6.92 Å². The van der Waals surface area contributed by atoms with Crippen LogP contribution in [0.5, 0.6) is 0 Å². The normalized spacial score (nSPS) is 12.8. The molecule has 0 spiro atoms. The lowest BCUT2D eigenvalue weighted by Crippen LogP contribution is -2.19. The summed E-state index contributed by atoms with van der Waals surface area (Å²) in [7, 11) is 0. The third-order valence-electron chi connectivity index (χ3n) is 3.08. The molecule has 0 aliphatic rings. The van der Waals surface area contributed by atoms with Gasteiger partial charge in [0.25, 0.3) is 5.56 Å². The summed E-state index contributed by atoms with van der Waals surface area (Å²) < 4.78 is 6.10. The van der Waals surface area contributed by atoms with Gasteiger partial charge < -0.3 is 9.40 Å². The third-order valence-corrected chi connectivity index (χ3v) is 4.04. The summed E-state index contributed by atoms with van der Waals surface area (Å²) in [6, 6.07) is 11.1. The number of aryl methyl sites for hydroxylation is 1. The molecule has 1 aromatic carbocycles. The van der Waals surface area contributed by atoms with Gasteiger partial charge in [-0.3, -0.25) is 9.59 Å². The van der Waals surface area contributed by atoms with Crippen molar-refractivity contribution in [2.24, 2.45) is 0 Å². The van der Waals surface area contributed by atoms with E-state index < -0.39 is 0 Å². The Hall–Kier alpha value is -2.66. The van der Waals surface area contributed by atoms with Crippen LogP contribution in [0.4, 0.5) is 0 Å². The summed E-state index contributed by atoms with van der Waals surface area (Å²) in [6.07, 6.45) is 4.61. The van der Waals surface area contributed by atoms with Gasteiger partial charge in [-0.25, -0.2) is 0 Å². The highest BCUT2D eigenvalue weighted by Crippen LogP contribution is 2.03. The van der Waals surface area contributed by atoms with E-state index in [9.17, 15) is 9.59 Å². The molecule has 3 rings (SSSR count). The molecule has 0 saturated carbocycles. The van der Waals surface area contributed by atoms with Crippen LogP contribution < -0.4 is 14.8 Å². The van der Waals surface area contributed by atoms with Crippen LogP contribution in [0.1, 0.15) is 21.7 Å². The Labute approximate surface area is 130 Å². The maximum absolute atomic E-state index is 11.9. The van der Waals surface area contributed by atoms with E-state index in [1.54, 1.807) is 18.2 Å². The lowest BCUT2D eigenvalue weighted by molar-refractivity contribution is 0.103. The second kappa shape index (κ2) is 5.99. The fourth-order valence-corrected chi connectivity index (χ4v) is 2.83. The number of rotatable bonds is 3. The van der Waals surface area contributed by atoms with Gasteiger partial charge in [-0.15, -0.1) is 11.3 Å². The molecule has 0 saturated heterocycles. The van der Waals surface area contributed by atoms with Gasteiger partial charge in [0.2, 0.25) is 5.78 Å². The fraction of sp³-hybridized carbons (Fsp3) is 0.0588. The molecule has 0 aliphatic heterocycles. The van der Waals surface area contributed by atoms with Crippen molar-refractivity contribution in [3.63, 3.8) is 0 Å². The highest BCUT2D eigenvalue weighted by Gasteiger charge is 2.05. The molecule has 2 heterocycles. The van der Waals surface area contributed by atoms with E-state index >= 15 is 0 Å². The summed E-state index contributed by atoms with van der Waals surface area (Å²) in [4.78, 5) is 26.5. The summed E-state index contributed by atoms with van der Waals surface area (Å²) in [5.74, 6) is -0.0253. The fourth-order valence-electron chi connectivity index (χ4n) is 1.95. The predicted octanol–water partition coefficient (Wildman–Crippen LogP) is 1.83. The van der Waals surface area contributed by atoms with Gasteiger partial charge in [0.05, 0.1) is 15.5 Å². The topological polar surface area (TPSA) is 63.1 Å². The first kappa shape index (κ1) is 14.3. The van der Waals surface area contributed by atoms with E-state index in [4.69, 9.17) is 4.42 Å². The summed E-state index contributed by atoms with van der Waals surface area (Å²) in [5.41, 5.74) is 1.90. The number of Topliss-reactive ketones (excluding diaryl/α,β-unsaturated/α-hetero) is 1. The number of aromatic amines is 1. The van der Waals surface area contributed by atoms with E-state index in [2.05, 4.69) is 4.98 Å². The van der Waals surface area contributed by atoms with Gasteiger partial charge in [-0.2, -0.15) is 0 Å². The molecule has 22 heavy (non-hydrogen) atoms. The minimum absolute atomic E-state index is 0.205. The second-order valence-electron chi connectivity index (χ2n) is 4.83. The van der Waals surface area contributed by atoms with Crippen molar-refractivity contribution in [1.29, 1.82) is 0 Å². The van der Waals surface area contributed by atoms with Crippen LogP contribution in [0.25, 0.3) is 12.2 Å². The Bertz CT molecular complexity index is 960. The smallest absolute Gasteiger partial charge is 0.266 e. The van der Waals surface area contributed by atoms with Crippen molar-refractivity contribution in [1.82, 2.24) is 4.98 Å².